The first-order chi connectivity index (χ1) is 10.7. The maximum Gasteiger partial charge on any atom is 0.223 e. The second-order valence-electron chi connectivity index (χ2n) is 6.14. The molecule has 2 aliphatic rings. The second kappa shape index (κ2) is 7.46. The molecule has 1 aliphatic heterocycles. The van der Waals surface area contributed by atoms with Crippen molar-refractivity contribution in [3.05, 3.63) is 33.8 Å². The van der Waals surface area contributed by atoms with Gasteiger partial charge in [0.05, 0.1) is 10.0 Å². The minimum absolute atomic E-state index is 0.0160. The maximum atomic E-state index is 12.6. The highest BCUT2D eigenvalue weighted by Gasteiger charge is 2.32. The highest BCUT2D eigenvalue weighted by molar-refractivity contribution is 7.99. The van der Waals surface area contributed by atoms with Crippen LogP contribution >= 0.6 is 35.0 Å². The summed E-state index contributed by atoms with van der Waals surface area (Å²) in [4.78, 5) is 14.6. The minimum atomic E-state index is 0.0160. The molecule has 2 fully saturated rings. The smallest absolute Gasteiger partial charge is 0.223 e. The van der Waals surface area contributed by atoms with E-state index in [1.807, 2.05) is 17.0 Å². The normalized spacial score (nSPS) is 22.5. The van der Waals surface area contributed by atoms with Crippen molar-refractivity contribution in [2.75, 3.05) is 12.3 Å². The fourth-order valence-corrected chi connectivity index (χ4v) is 5.24. The number of halogens is 2. The topological polar surface area (TPSA) is 20.3 Å². The highest BCUT2D eigenvalue weighted by Crippen LogP contribution is 2.43. The molecular weight excluding hydrogens is 337 g/mol. The molecule has 1 aromatic carbocycles. The average Bonchev–Trinajstić information content (AvgIpc) is 3.18. The Hall–Kier alpha value is -0.380. The Balaban J connectivity index is 1.67. The lowest BCUT2D eigenvalue weighted by molar-refractivity contribution is -0.131. The zero-order valence-corrected chi connectivity index (χ0v) is 14.9. The van der Waals surface area contributed by atoms with Gasteiger partial charge in [-0.25, -0.2) is 0 Å². The van der Waals surface area contributed by atoms with E-state index in [-0.39, 0.29) is 11.3 Å². The Labute approximate surface area is 146 Å². The van der Waals surface area contributed by atoms with Gasteiger partial charge in [-0.1, -0.05) is 61.0 Å². The van der Waals surface area contributed by atoms with Gasteiger partial charge in [0.1, 0.15) is 5.37 Å². The van der Waals surface area contributed by atoms with Crippen LogP contribution in [0.4, 0.5) is 0 Å². The lowest BCUT2D eigenvalue weighted by Crippen LogP contribution is -2.30. The zero-order valence-electron chi connectivity index (χ0n) is 12.6. The molecule has 3 rings (SSSR count). The molecule has 1 aromatic rings. The van der Waals surface area contributed by atoms with Crippen LogP contribution in [0.25, 0.3) is 0 Å². The molecule has 0 unspecified atom stereocenters. The number of amides is 1. The fraction of sp³-hybridized carbons (Fsp3) is 0.588. The standard InChI is InChI=1S/C17H21Cl2NOS/c18-14-7-3-6-13(16(14)19)17-20(10-11-22-17)15(21)9-8-12-4-1-2-5-12/h3,6-7,12,17H,1-2,4-5,8-11H2/t17-/m1/s1. The van der Waals surface area contributed by atoms with Crippen LogP contribution in [0.15, 0.2) is 18.2 Å². The third kappa shape index (κ3) is 3.58. The van der Waals surface area contributed by atoms with Gasteiger partial charge in [-0.15, -0.1) is 11.8 Å². The molecule has 2 nitrogen and oxygen atoms in total. The van der Waals surface area contributed by atoms with Crippen molar-refractivity contribution >= 4 is 40.9 Å². The van der Waals surface area contributed by atoms with Crippen molar-refractivity contribution in [1.82, 2.24) is 4.90 Å². The first-order valence-electron chi connectivity index (χ1n) is 8.02. The van der Waals surface area contributed by atoms with E-state index in [0.717, 1.165) is 30.2 Å². The van der Waals surface area contributed by atoms with Crippen LogP contribution in [0.3, 0.4) is 0 Å². The van der Waals surface area contributed by atoms with E-state index in [2.05, 4.69) is 0 Å². The Morgan fingerprint density at radius 1 is 1.27 bits per heavy atom. The van der Waals surface area contributed by atoms with Gasteiger partial charge in [0.25, 0.3) is 0 Å². The van der Waals surface area contributed by atoms with Crippen molar-refractivity contribution in [2.45, 2.75) is 43.9 Å². The molecule has 1 heterocycles. The van der Waals surface area contributed by atoms with Crippen molar-refractivity contribution < 1.29 is 4.79 Å². The van der Waals surface area contributed by atoms with Crippen LogP contribution in [0, 0.1) is 5.92 Å². The van der Waals surface area contributed by atoms with Crippen LogP contribution < -0.4 is 0 Å². The van der Waals surface area contributed by atoms with Gasteiger partial charge >= 0.3 is 0 Å². The summed E-state index contributed by atoms with van der Waals surface area (Å²) in [6.07, 6.45) is 6.96. The van der Waals surface area contributed by atoms with E-state index < -0.39 is 0 Å². The third-order valence-electron chi connectivity index (χ3n) is 4.70. The van der Waals surface area contributed by atoms with Crippen LogP contribution in [0.5, 0.6) is 0 Å². The molecule has 0 bridgehead atoms. The summed E-state index contributed by atoms with van der Waals surface area (Å²) in [5.74, 6) is 1.98. The molecule has 120 valence electrons. The first kappa shape index (κ1) is 16.5. The Morgan fingerprint density at radius 3 is 2.82 bits per heavy atom. The zero-order chi connectivity index (χ0) is 15.5. The van der Waals surface area contributed by atoms with Crippen molar-refractivity contribution in [3.8, 4) is 0 Å². The quantitative estimate of drug-likeness (QED) is 0.705. The molecule has 0 aromatic heterocycles. The fourth-order valence-electron chi connectivity index (χ4n) is 3.46. The number of hydrogen-bond acceptors (Lipinski definition) is 2. The number of carbonyl (C=O) groups is 1. The molecule has 0 radical (unpaired) electrons. The van der Waals surface area contributed by atoms with Crippen molar-refractivity contribution in [3.63, 3.8) is 0 Å². The molecular formula is C17H21Cl2NOS. The summed E-state index contributed by atoms with van der Waals surface area (Å²) in [5, 5.41) is 1.16. The summed E-state index contributed by atoms with van der Waals surface area (Å²) < 4.78 is 0. The lowest BCUT2D eigenvalue weighted by atomic mass is 10.0. The average molecular weight is 358 g/mol. The van der Waals surface area contributed by atoms with E-state index in [0.29, 0.717) is 16.5 Å². The summed E-state index contributed by atoms with van der Waals surface area (Å²) in [7, 11) is 0. The van der Waals surface area contributed by atoms with Gasteiger partial charge in [-0.05, 0) is 18.4 Å². The number of thioether (sulfide) groups is 1. The van der Waals surface area contributed by atoms with Gasteiger partial charge < -0.3 is 4.90 Å². The minimum Gasteiger partial charge on any atom is -0.326 e. The highest BCUT2D eigenvalue weighted by atomic mass is 35.5. The summed E-state index contributed by atoms with van der Waals surface area (Å²) >= 11 is 14.2. The number of nitrogens with zero attached hydrogens (tertiary/aromatic N) is 1. The number of benzene rings is 1. The molecule has 0 spiro atoms. The van der Waals surface area contributed by atoms with Crippen LogP contribution in [-0.2, 0) is 4.79 Å². The van der Waals surface area contributed by atoms with E-state index >= 15 is 0 Å². The van der Waals surface area contributed by atoms with E-state index in [1.54, 1.807) is 17.8 Å². The molecule has 1 saturated heterocycles. The monoisotopic (exact) mass is 357 g/mol. The van der Waals surface area contributed by atoms with E-state index in [1.165, 1.54) is 25.7 Å². The Kier molecular flexibility index (Phi) is 5.59. The van der Waals surface area contributed by atoms with Gasteiger partial charge in [0, 0.05) is 24.3 Å². The van der Waals surface area contributed by atoms with Crippen molar-refractivity contribution in [2.24, 2.45) is 5.92 Å². The molecule has 1 atom stereocenters. The van der Waals surface area contributed by atoms with Gasteiger partial charge in [-0.3, -0.25) is 4.79 Å². The molecule has 22 heavy (non-hydrogen) atoms. The Bertz CT molecular complexity index is 545. The largest absolute Gasteiger partial charge is 0.326 e. The van der Waals surface area contributed by atoms with Crippen LogP contribution in [0.1, 0.15) is 49.5 Å². The van der Waals surface area contributed by atoms with E-state index in [9.17, 15) is 4.79 Å². The second-order valence-corrected chi connectivity index (χ2v) is 8.12. The summed E-state index contributed by atoms with van der Waals surface area (Å²) in [6.45, 7) is 0.807. The van der Waals surface area contributed by atoms with Gasteiger partial charge in [0.15, 0.2) is 0 Å². The van der Waals surface area contributed by atoms with E-state index in [4.69, 9.17) is 23.2 Å². The number of hydrogen-bond donors (Lipinski definition) is 0. The summed E-state index contributed by atoms with van der Waals surface area (Å²) in [6, 6.07) is 5.68. The molecule has 1 amide bonds. The van der Waals surface area contributed by atoms with Gasteiger partial charge in [0.2, 0.25) is 5.91 Å². The molecule has 0 N–H and O–H groups in total. The number of rotatable bonds is 4. The SMILES string of the molecule is O=C(CCC1CCCC1)N1CCS[C@@H]1c1cccc(Cl)c1Cl. The van der Waals surface area contributed by atoms with Crippen molar-refractivity contribution in [1.29, 1.82) is 0 Å². The molecule has 1 saturated carbocycles. The molecule has 5 heteroatoms. The van der Waals surface area contributed by atoms with Gasteiger partial charge in [-0.2, -0.15) is 0 Å². The lowest BCUT2D eigenvalue weighted by Gasteiger charge is -2.25. The summed E-state index contributed by atoms with van der Waals surface area (Å²) in [5.41, 5.74) is 0.964. The predicted octanol–water partition coefficient (Wildman–Crippen LogP) is 5.54. The maximum absolute atomic E-state index is 12.6. The molecule has 1 aliphatic carbocycles. The number of carbonyl (C=O) groups excluding carboxylic acids is 1. The van der Waals surface area contributed by atoms with Crippen LogP contribution in [0.2, 0.25) is 10.0 Å². The first-order valence-corrected chi connectivity index (χ1v) is 9.82. The third-order valence-corrected chi connectivity index (χ3v) is 6.78. The Morgan fingerprint density at radius 2 is 2.05 bits per heavy atom. The predicted molar refractivity (Wildman–Crippen MR) is 94.6 cm³/mol. The van der Waals surface area contributed by atoms with Crippen LogP contribution in [-0.4, -0.2) is 23.1 Å².